The van der Waals surface area contributed by atoms with Gasteiger partial charge in [0.1, 0.15) is 0 Å². The second-order valence-electron chi connectivity index (χ2n) is 7.71. The maximum Gasteiger partial charge on any atom is 0.0955 e. The van der Waals surface area contributed by atoms with Crippen molar-refractivity contribution in [2.24, 2.45) is 0 Å². The summed E-state index contributed by atoms with van der Waals surface area (Å²) in [4.78, 5) is 8.55. The summed E-state index contributed by atoms with van der Waals surface area (Å²) in [7, 11) is 0. The molecule has 2 aromatic heterocycles. The number of fused-ring (bicyclic) bond motifs is 3. The molecule has 0 aliphatic rings. The number of H-pyrrole nitrogens is 1. The highest BCUT2D eigenvalue weighted by Crippen LogP contribution is 2.42. The number of hydrogen-bond acceptors (Lipinski definition) is 1. The first-order valence-electron chi connectivity index (χ1n) is 10.5. The fraction of sp³-hybridized carbons (Fsp3) is 0. The first-order valence-corrected chi connectivity index (χ1v) is 10.5. The molecule has 0 aliphatic carbocycles. The van der Waals surface area contributed by atoms with Crippen LogP contribution in [-0.2, 0) is 0 Å². The van der Waals surface area contributed by atoms with Crippen molar-refractivity contribution in [2.45, 2.75) is 0 Å². The van der Waals surface area contributed by atoms with Crippen LogP contribution in [0.3, 0.4) is 0 Å². The molecular weight excluding hydrogens is 376 g/mol. The first kappa shape index (κ1) is 17.7. The van der Waals surface area contributed by atoms with E-state index in [0.29, 0.717) is 0 Å². The van der Waals surface area contributed by atoms with Gasteiger partial charge in [-0.1, -0.05) is 97.1 Å². The summed E-state index contributed by atoms with van der Waals surface area (Å²) in [5, 5.41) is 2.42. The number of nitrogens with one attached hydrogen (secondary N) is 1. The van der Waals surface area contributed by atoms with Gasteiger partial charge in [0.15, 0.2) is 0 Å². The van der Waals surface area contributed by atoms with Gasteiger partial charge in [-0.05, 0) is 34.4 Å². The molecule has 0 bridgehead atoms. The van der Waals surface area contributed by atoms with Crippen LogP contribution in [0.2, 0.25) is 0 Å². The van der Waals surface area contributed by atoms with E-state index in [4.69, 9.17) is 4.98 Å². The summed E-state index contributed by atoms with van der Waals surface area (Å²) in [6, 6.07) is 38.2. The highest BCUT2D eigenvalue weighted by molar-refractivity contribution is 6.13. The highest BCUT2D eigenvalue weighted by atomic mass is 14.8. The molecule has 0 radical (unpaired) electrons. The van der Waals surface area contributed by atoms with Crippen LogP contribution >= 0.6 is 0 Å². The number of aromatic nitrogens is 2. The van der Waals surface area contributed by atoms with Gasteiger partial charge in [0, 0.05) is 28.0 Å². The molecule has 0 aliphatic heterocycles. The molecule has 1 N–H and O–H groups in total. The van der Waals surface area contributed by atoms with E-state index in [1.54, 1.807) is 0 Å². The van der Waals surface area contributed by atoms with Crippen LogP contribution in [-0.4, -0.2) is 9.97 Å². The van der Waals surface area contributed by atoms with Gasteiger partial charge in [-0.15, -0.1) is 0 Å². The van der Waals surface area contributed by atoms with Crippen LogP contribution in [0.15, 0.2) is 115 Å². The van der Waals surface area contributed by atoms with Crippen molar-refractivity contribution in [1.82, 2.24) is 9.97 Å². The zero-order valence-corrected chi connectivity index (χ0v) is 16.9. The minimum absolute atomic E-state index is 0.979. The van der Waals surface area contributed by atoms with Gasteiger partial charge >= 0.3 is 0 Å². The van der Waals surface area contributed by atoms with E-state index in [1.165, 1.54) is 33.0 Å². The van der Waals surface area contributed by atoms with Gasteiger partial charge in [-0.3, -0.25) is 4.98 Å². The zero-order chi connectivity index (χ0) is 20.6. The van der Waals surface area contributed by atoms with Crippen molar-refractivity contribution >= 4 is 21.8 Å². The summed E-state index contributed by atoms with van der Waals surface area (Å²) in [5.41, 5.74) is 9.06. The van der Waals surface area contributed by atoms with Gasteiger partial charge in [0.25, 0.3) is 0 Å². The minimum atomic E-state index is 0.979. The molecule has 2 heteroatoms. The SMILES string of the molecule is c1ccc(-c2cccc(-c3ccccc3)c2-c2nccc3c2[nH]c2ccccc23)cc1. The van der Waals surface area contributed by atoms with Gasteiger partial charge < -0.3 is 4.98 Å². The van der Waals surface area contributed by atoms with E-state index in [-0.39, 0.29) is 0 Å². The normalized spacial score (nSPS) is 11.2. The Morgan fingerprint density at radius 3 is 1.81 bits per heavy atom. The molecule has 4 aromatic carbocycles. The Bertz CT molecular complexity index is 1460. The number of aromatic amines is 1. The lowest BCUT2D eigenvalue weighted by atomic mass is 9.89. The van der Waals surface area contributed by atoms with Gasteiger partial charge in [-0.2, -0.15) is 0 Å². The van der Waals surface area contributed by atoms with Crippen molar-refractivity contribution < 1.29 is 0 Å². The lowest BCUT2D eigenvalue weighted by Gasteiger charge is -2.16. The predicted octanol–water partition coefficient (Wildman–Crippen LogP) is 7.72. The van der Waals surface area contributed by atoms with Crippen molar-refractivity contribution in [2.75, 3.05) is 0 Å². The second kappa shape index (κ2) is 7.26. The number of benzene rings is 4. The predicted molar refractivity (Wildman–Crippen MR) is 130 cm³/mol. The van der Waals surface area contributed by atoms with Crippen LogP contribution < -0.4 is 0 Å². The minimum Gasteiger partial charge on any atom is -0.353 e. The van der Waals surface area contributed by atoms with Crippen LogP contribution in [0, 0.1) is 0 Å². The Morgan fingerprint density at radius 2 is 1.13 bits per heavy atom. The molecule has 0 amide bonds. The fourth-order valence-electron chi connectivity index (χ4n) is 4.49. The van der Waals surface area contributed by atoms with E-state index in [2.05, 4.69) is 114 Å². The molecular formula is C29H20N2. The Hall–Kier alpha value is -4.17. The largest absolute Gasteiger partial charge is 0.353 e. The van der Waals surface area contributed by atoms with Crippen molar-refractivity contribution in [3.63, 3.8) is 0 Å². The standard InChI is InChI=1S/C29H20N2/c1-3-10-20(11-4-1)22-15-9-16-23(21-12-5-2-6-13-21)27(22)29-28-25(18-19-30-29)24-14-7-8-17-26(24)31-28/h1-19,31H. The molecule has 0 unspecified atom stereocenters. The fourth-order valence-corrected chi connectivity index (χ4v) is 4.49. The molecule has 0 spiro atoms. The van der Waals surface area contributed by atoms with E-state index >= 15 is 0 Å². The maximum absolute atomic E-state index is 4.91. The number of nitrogens with zero attached hydrogens (tertiary/aromatic N) is 1. The zero-order valence-electron chi connectivity index (χ0n) is 16.9. The van der Waals surface area contributed by atoms with Crippen LogP contribution in [0.5, 0.6) is 0 Å². The third-order valence-electron chi connectivity index (χ3n) is 5.90. The number of hydrogen-bond donors (Lipinski definition) is 1. The van der Waals surface area contributed by atoms with Gasteiger partial charge in [-0.25, -0.2) is 0 Å². The summed E-state index contributed by atoms with van der Waals surface area (Å²) in [6.45, 7) is 0. The molecule has 31 heavy (non-hydrogen) atoms. The van der Waals surface area contributed by atoms with E-state index < -0.39 is 0 Å². The summed E-state index contributed by atoms with van der Waals surface area (Å²) < 4.78 is 0. The third kappa shape index (κ3) is 2.92. The molecule has 6 rings (SSSR count). The van der Waals surface area contributed by atoms with Gasteiger partial charge in [0.2, 0.25) is 0 Å². The van der Waals surface area contributed by atoms with Crippen molar-refractivity contribution in [3.8, 4) is 33.5 Å². The number of pyridine rings is 1. The van der Waals surface area contributed by atoms with Crippen LogP contribution in [0.4, 0.5) is 0 Å². The maximum atomic E-state index is 4.91. The molecule has 2 heterocycles. The molecule has 0 atom stereocenters. The Kier molecular flexibility index (Phi) is 4.14. The van der Waals surface area contributed by atoms with Crippen LogP contribution in [0.1, 0.15) is 0 Å². The van der Waals surface area contributed by atoms with E-state index in [0.717, 1.165) is 22.3 Å². The average Bonchev–Trinajstić information content (AvgIpc) is 3.24. The first-order chi connectivity index (χ1) is 15.4. The monoisotopic (exact) mass is 396 g/mol. The lowest BCUT2D eigenvalue weighted by Crippen LogP contribution is -1.93. The smallest absolute Gasteiger partial charge is 0.0955 e. The van der Waals surface area contributed by atoms with Crippen molar-refractivity contribution in [1.29, 1.82) is 0 Å². The molecule has 0 fully saturated rings. The summed E-state index contributed by atoms with van der Waals surface area (Å²) in [6.07, 6.45) is 1.93. The van der Waals surface area contributed by atoms with Gasteiger partial charge in [0.05, 0.1) is 11.2 Å². The van der Waals surface area contributed by atoms with Crippen molar-refractivity contribution in [3.05, 3.63) is 115 Å². The molecule has 6 aromatic rings. The summed E-state index contributed by atoms with van der Waals surface area (Å²) >= 11 is 0. The average molecular weight is 396 g/mol. The van der Waals surface area contributed by atoms with E-state index in [9.17, 15) is 0 Å². The quantitative estimate of drug-likeness (QED) is 0.326. The number of para-hydroxylation sites is 1. The molecule has 0 saturated heterocycles. The second-order valence-corrected chi connectivity index (χ2v) is 7.71. The Balaban J connectivity index is 1.74. The molecule has 0 saturated carbocycles. The Labute approximate surface area is 180 Å². The number of rotatable bonds is 3. The van der Waals surface area contributed by atoms with Crippen LogP contribution in [0.25, 0.3) is 55.3 Å². The highest BCUT2D eigenvalue weighted by Gasteiger charge is 2.18. The third-order valence-corrected chi connectivity index (χ3v) is 5.90. The molecule has 146 valence electrons. The summed E-state index contributed by atoms with van der Waals surface area (Å²) in [5.74, 6) is 0. The topological polar surface area (TPSA) is 28.7 Å². The molecule has 2 nitrogen and oxygen atoms in total. The Morgan fingerprint density at radius 1 is 0.516 bits per heavy atom. The van der Waals surface area contributed by atoms with E-state index in [1.807, 2.05) is 6.20 Å². The lowest BCUT2D eigenvalue weighted by molar-refractivity contribution is 1.34.